The summed E-state index contributed by atoms with van der Waals surface area (Å²) in [5.74, 6) is -0.484. The molecule has 0 aliphatic carbocycles. The molecule has 0 fully saturated rings. The van der Waals surface area contributed by atoms with Gasteiger partial charge in [-0.3, -0.25) is 4.79 Å². The molecule has 116 valence electrons. The minimum absolute atomic E-state index is 0.0661. The summed E-state index contributed by atoms with van der Waals surface area (Å²) in [5, 5.41) is 0. The van der Waals surface area contributed by atoms with Crippen molar-refractivity contribution in [2.24, 2.45) is 0 Å². The third-order valence-corrected chi connectivity index (χ3v) is 4.34. The highest BCUT2D eigenvalue weighted by atomic mass is 32.1. The van der Waals surface area contributed by atoms with Crippen molar-refractivity contribution >= 4 is 23.2 Å². The summed E-state index contributed by atoms with van der Waals surface area (Å²) in [6, 6.07) is 13.2. The van der Waals surface area contributed by atoms with Crippen LogP contribution in [0.3, 0.4) is 0 Å². The van der Waals surface area contributed by atoms with Crippen LogP contribution >= 0.6 is 11.3 Å². The molecule has 5 heteroatoms. The Labute approximate surface area is 134 Å². The molecule has 0 spiro atoms. The molecule has 0 aliphatic rings. The van der Waals surface area contributed by atoms with E-state index in [1.54, 1.807) is 17.0 Å². The van der Waals surface area contributed by atoms with Gasteiger partial charge < -0.3 is 9.64 Å². The molecule has 1 aromatic heterocycles. The quantitative estimate of drug-likeness (QED) is 0.792. The zero-order valence-electron chi connectivity index (χ0n) is 12.9. The molecule has 0 aliphatic heterocycles. The topological polar surface area (TPSA) is 46.6 Å². The molecular weight excluding hydrogens is 298 g/mol. The SMILES string of the molecule is COC(=O)c1ccc(C(=O)N(Cc2ccccc2)C(C)C)s1. The first-order valence-corrected chi connectivity index (χ1v) is 7.87. The summed E-state index contributed by atoms with van der Waals surface area (Å²) in [6.07, 6.45) is 0. The van der Waals surface area contributed by atoms with E-state index in [1.165, 1.54) is 7.11 Å². The molecule has 0 radical (unpaired) electrons. The molecule has 0 atom stereocenters. The maximum atomic E-state index is 12.7. The predicted molar refractivity (Wildman–Crippen MR) is 87.1 cm³/mol. The van der Waals surface area contributed by atoms with E-state index in [4.69, 9.17) is 0 Å². The summed E-state index contributed by atoms with van der Waals surface area (Å²) >= 11 is 1.16. The van der Waals surface area contributed by atoms with E-state index in [0.717, 1.165) is 16.9 Å². The second-order valence-electron chi connectivity index (χ2n) is 5.17. The van der Waals surface area contributed by atoms with Crippen LogP contribution in [0.15, 0.2) is 42.5 Å². The molecule has 0 bridgehead atoms. The summed E-state index contributed by atoms with van der Waals surface area (Å²) in [4.78, 5) is 27.0. The van der Waals surface area contributed by atoms with Crippen molar-refractivity contribution in [2.45, 2.75) is 26.4 Å². The van der Waals surface area contributed by atoms with E-state index < -0.39 is 5.97 Å². The lowest BCUT2D eigenvalue weighted by Crippen LogP contribution is -2.35. The van der Waals surface area contributed by atoms with E-state index in [-0.39, 0.29) is 11.9 Å². The summed E-state index contributed by atoms with van der Waals surface area (Å²) in [6.45, 7) is 4.51. The molecule has 0 N–H and O–H groups in total. The van der Waals surface area contributed by atoms with Crippen molar-refractivity contribution < 1.29 is 14.3 Å². The van der Waals surface area contributed by atoms with Crippen molar-refractivity contribution in [1.29, 1.82) is 0 Å². The number of carbonyl (C=O) groups is 2. The highest BCUT2D eigenvalue weighted by molar-refractivity contribution is 7.15. The summed E-state index contributed by atoms with van der Waals surface area (Å²) in [7, 11) is 1.33. The van der Waals surface area contributed by atoms with Gasteiger partial charge in [-0.25, -0.2) is 4.79 Å². The number of carbonyl (C=O) groups excluding carboxylic acids is 2. The molecule has 0 saturated carbocycles. The third kappa shape index (κ3) is 3.74. The molecule has 1 amide bonds. The van der Waals surface area contributed by atoms with E-state index in [9.17, 15) is 9.59 Å². The number of hydrogen-bond donors (Lipinski definition) is 0. The lowest BCUT2D eigenvalue weighted by atomic mass is 10.2. The zero-order valence-corrected chi connectivity index (χ0v) is 13.7. The van der Waals surface area contributed by atoms with Crippen LogP contribution in [-0.2, 0) is 11.3 Å². The van der Waals surface area contributed by atoms with E-state index in [0.29, 0.717) is 16.3 Å². The van der Waals surface area contributed by atoms with Crippen molar-refractivity contribution in [3.8, 4) is 0 Å². The van der Waals surface area contributed by atoms with Gasteiger partial charge in [0, 0.05) is 12.6 Å². The Hall–Kier alpha value is -2.14. The fourth-order valence-electron chi connectivity index (χ4n) is 2.07. The van der Waals surface area contributed by atoms with Crippen LogP contribution in [0.4, 0.5) is 0 Å². The van der Waals surface area contributed by atoms with Gasteiger partial charge in [0.05, 0.1) is 12.0 Å². The highest BCUT2D eigenvalue weighted by Crippen LogP contribution is 2.21. The average Bonchev–Trinajstić information content (AvgIpc) is 3.02. The first kappa shape index (κ1) is 16.2. The van der Waals surface area contributed by atoms with Gasteiger partial charge in [0.2, 0.25) is 0 Å². The molecule has 0 unspecified atom stereocenters. The molecule has 22 heavy (non-hydrogen) atoms. The minimum atomic E-state index is -0.414. The molecule has 2 rings (SSSR count). The summed E-state index contributed by atoms with van der Waals surface area (Å²) < 4.78 is 4.68. The molecule has 0 saturated heterocycles. The number of nitrogens with zero attached hydrogens (tertiary/aromatic N) is 1. The Morgan fingerprint density at radius 3 is 2.32 bits per heavy atom. The Morgan fingerprint density at radius 1 is 1.09 bits per heavy atom. The molecule has 2 aromatic rings. The lowest BCUT2D eigenvalue weighted by Gasteiger charge is -2.26. The molecule has 4 nitrogen and oxygen atoms in total. The average molecular weight is 317 g/mol. The monoisotopic (exact) mass is 317 g/mol. The Kier molecular flexibility index (Phi) is 5.33. The van der Waals surface area contributed by atoms with Gasteiger partial charge in [0.25, 0.3) is 5.91 Å². The van der Waals surface area contributed by atoms with Crippen molar-refractivity contribution in [3.05, 3.63) is 57.8 Å². The standard InChI is InChI=1S/C17H19NO3S/c1-12(2)18(11-13-7-5-4-6-8-13)16(19)14-9-10-15(22-14)17(20)21-3/h4-10,12H,11H2,1-3H3. The maximum Gasteiger partial charge on any atom is 0.348 e. The fourth-order valence-corrected chi connectivity index (χ4v) is 2.95. The third-order valence-electron chi connectivity index (χ3n) is 3.28. The second kappa shape index (κ2) is 7.22. The van der Waals surface area contributed by atoms with E-state index in [2.05, 4.69) is 4.74 Å². The van der Waals surface area contributed by atoms with Crippen molar-refractivity contribution in [2.75, 3.05) is 7.11 Å². The van der Waals surface area contributed by atoms with Crippen LogP contribution < -0.4 is 0 Å². The van der Waals surface area contributed by atoms with Crippen LogP contribution in [0.2, 0.25) is 0 Å². The Bertz CT molecular complexity index is 649. The number of hydrogen-bond acceptors (Lipinski definition) is 4. The number of rotatable bonds is 5. The highest BCUT2D eigenvalue weighted by Gasteiger charge is 2.22. The van der Waals surface area contributed by atoms with Gasteiger partial charge in [-0.1, -0.05) is 30.3 Å². The molecular formula is C17H19NO3S. The molecule has 1 aromatic carbocycles. The van der Waals surface area contributed by atoms with Crippen LogP contribution in [0.1, 0.15) is 38.8 Å². The smallest absolute Gasteiger partial charge is 0.348 e. The largest absolute Gasteiger partial charge is 0.465 e. The van der Waals surface area contributed by atoms with Gasteiger partial charge in [0.15, 0.2) is 0 Å². The number of ether oxygens (including phenoxy) is 1. The van der Waals surface area contributed by atoms with Crippen LogP contribution in [0.25, 0.3) is 0 Å². The fraction of sp³-hybridized carbons (Fsp3) is 0.294. The Balaban J connectivity index is 2.19. The number of amides is 1. The first-order chi connectivity index (χ1) is 10.5. The molecule has 1 heterocycles. The number of methoxy groups -OCH3 is 1. The number of benzene rings is 1. The van der Waals surface area contributed by atoms with Gasteiger partial charge in [-0.15, -0.1) is 11.3 Å². The van der Waals surface area contributed by atoms with Crippen LogP contribution in [-0.4, -0.2) is 29.9 Å². The van der Waals surface area contributed by atoms with Crippen LogP contribution in [0, 0.1) is 0 Å². The lowest BCUT2D eigenvalue weighted by molar-refractivity contribution is 0.0606. The minimum Gasteiger partial charge on any atom is -0.465 e. The van der Waals surface area contributed by atoms with E-state index >= 15 is 0 Å². The normalized spacial score (nSPS) is 10.5. The maximum absolute atomic E-state index is 12.7. The summed E-state index contributed by atoms with van der Waals surface area (Å²) in [5.41, 5.74) is 1.08. The van der Waals surface area contributed by atoms with Gasteiger partial charge in [-0.05, 0) is 31.5 Å². The predicted octanol–water partition coefficient (Wildman–Crippen LogP) is 3.59. The van der Waals surface area contributed by atoms with Gasteiger partial charge in [0.1, 0.15) is 4.88 Å². The first-order valence-electron chi connectivity index (χ1n) is 7.06. The number of esters is 1. The van der Waals surface area contributed by atoms with Crippen molar-refractivity contribution in [3.63, 3.8) is 0 Å². The Morgan fingerprint density at radius 2 is 1.73 bits per heavy atom. The van der Waals surface area contributed by atoms with Gasteiger partial charge in [-0.2, -0.15) is 0 Å². The van der Waals surface area contributed by atoms with Gasteiger partial charge >= 0.3 is 5.97 Å². The van der Waals surface area contributed by atoms with Crippen LogP contribution in [0.5, 0.6) is 0 Å². The zero-order chi connectivity index (χ0) is 16.1. The van der Waals surface area contributed by atoms with E-state index in [1.807, 2.05) is 44.2 Å². The second-order valence-corrected chi connectivity index (χ2v) is 6.25. The number of thiophene rings is 1. The van der Waals surface area contributed by atoms with Crippen molar-refractivity contribution in [1.82, 2.24) is 4.90 Å².